The Morgan fingerprint density at radius 3 is 2.59 bits per heavy atom. The summed E-state index contributed by atoms with van der Waals surface area (Å²) in [7, 11) is 1.31. The van der Waals surface area contributed by atoms with Gasteiger partial charge in [-0.25, -0.2) is 9.78 Å². The van der Waals surface area contributed by atoms with E-state index in [1.165, 1.54) is 18.4 Å². The van der Waals surface area contributed by atoms with Crippen molar-refractivity contribution in [2.24, 2.45) is 0 Å². The van der Waals surface area contributed by atoms with E-state index in [2.05, 4.69) is 10.3 Å². The van der Waals surface area contributed by atoms with Gasteiger partial charge in [-0.1, -0.05) is 41.9 Å². The largest absolute Gasteiger partial charge is 0.465 e. The molecule has 7 heteroatoms. The van der Waals surface area contributed by atoms with Crippen molar-refractivity contribution in [2.45, 2.75) is 0 Å². The quantitative estimate of drug-likeness (QED) is 0.431. The average Bonchev–Trinajstić information content (AvgIpc) is 3.21. The third-order valence-electron chi connectivity index (χ3n) is 4.39. The SMILES string of the molecule is COC(=O)c1sccc1NC(=O)c1cc(-c2ccc(Cl)cc2)nc2ccccc12. The van der Waals surface area contributed by atoms with Crippen molar-refractivity contribution in [2.75, 3.05) is 12.4 Å². The standard InChI is InChI=1S/C22H15ClN2O3S/c1-28-22(27)20-18(10-11-29-20)25-21(26)16-12-19(13-6-8-14(23)9-7-13)24-17-5-3-2-4-15(16)17/h2-12H,1H3,(H,25,26). The minimum Gasteiger partial charge on any atom is -0.465 e. The zero-order chi connectivity index (χ0) is 20.4. The highest BCUT2D eigenvalue weighted by Gasteiger charge is 2.19. The van der Waals surface area contributed by atoms with E-state index in [0.29, 0.717) is 32.4 Å². The minimum absolute atomic E-state index is 0.331. The molecule has 2 aromatic carbocycles. The van der Waals surface area contributed by atoms with Crippen LogP contribution in [0.4, 0.5) is 5.69 Å². The summed E-state index contributed by atoms with van der Waals surface area (Å²) in [6.45, 7) is 0. The molecule has 1 amide bonds. The third kappa shape index (κ3) is 3.85. The van der Waals surface area contributed by atoms with Crippen molar-refractivity contribution in [3.05, 3.63) is 81.5 Å². The molecule has 0 spiro atoms. The maximum Gasteiger partial charge on any atom is 0.350 e. The number of para-hydroxylation sites is 1. The smallest absolute Gasteiger partial charge is 0.350 e. The third-order valence-corrected chi connectivity index (χ3v) is 5.53. The van der Waals surface area contributed by atoms with Crippen LogP contribution in [0.2, 0.25) is 5.02 Å². The van der Waals surface area contributed by atoms with Crippen molar-refractivity contribution in [3.8, 4) is 11.3 Å². The molecule has 0 aliphatic carbocycles. The van der Waals surface area contributed by atoms with Crippen molar-refractivity contribution < 1.29 is 14.3 Å². The number of methoxy groups -OCH3 is 1. The lowest BCUT2D eigenvalue weighted by molar-refractivity contribution is 0.0607. The van der Waals surface area contributed by atoms with Crippen LogP contribution in [-0.2, 0) is 4.74 Å². The average molecular weight is 423 g/mol. The summed E-state index contributed by atoms with van der Waals surface area (Å²) in [6.07, 6.45) is 0. The van der Waals surface area contributed by atoms with Gasteiger partial charge in [-0.15, -0.1) is 11.3 Å². The van der Waals surface area contributed by atoms with E-state index in [0.717, 1.165) is 10.9 Å². The predicted octanol–water partition coefficient (Wildman–Crippen LogP) is 5.66. The van der Waals surface area contributed by atoms with Crippen molar-refractivity contribution in [3.63, 3.8) is 0 Å². The summed E-state index contributed by atoms with van der Waals surface area (Å²) in [6, 6.07) is 18.1. The Labute approximate surface area is 175 Å². The number of nitrogens with zero attached hydrogens (tertiary/aromatic N) is 1. The zero-order valence-electron chi connectivity index (χ0n) is 15.3. The fourth-order valence-electron chi connectivity index (χ4n) is 2.98. The van der Waals surface area contributed by atoms with Crippen LogP contribution >= 0.6 is 22.9 Å². The molecule has 2 aromatic heterocycles. The fourth-order valence-corrected chi connectivity index (χ4v) is 3.87. The van der Waals surface area contributed by atoms with Crippen LogP contribution in [-0.4, -0.2) is 24.0 Å². The Kier molecular flexibility index (Phi) is 5.29. The van der Waals surface area contributed by atoms with Gasteiger partial charge in [0.05, 0.1) is 29.6 Å². The number of carbonyl (C=O) groups excluding carboxylic acids is 2. The summed E-state index contributed by atoms with van der Waals surface area (Å²) >= 11 is 7.20. The normalized spacial score (nSPS) is 10.7. The van der Waals surface area contributed by atoms with Crippen molar-refractivity contribution in [1.82, 2.24) is 4.98 Å². The molecule has 0 fully saturated rings. The minimum atomic E-state index is -0.489. The molecule has 0 unspecified atom stereocenters. The van der Waals surface area contributed by atoms with Gasteiger partial charge >= 0.3 is 5.97 Å². The Morgan fingerprint density at radius 1 is 1.07 bits per heavy atom. The van der Waals surface area contributed by atoms with Gasteiger partial charge in [0, 0.05) is 16.0 Å². The number of fused-ring (bicyclic) bond motifs is 1. The predicted molar refractivity (Wildman–Crippen MR) is 116 cm³/mol. The first-order valence-corrected chi connectivity index (χ1v) is 9.95. The first kappa shape index (κ1) is 19.1. The fraction of sp³-hybridized carbons (Fsp3) is 0.0455. The summed E-state index contributed by atoms with van der Waals surface area (Å²) in [5.41, 5.74) is 3.08. The molecule has 2 heterocycles. The van der Waals surface area contributed by atoms with Gasteiger partial charge in [0.1, 0.15) is 4.88 Å². The molecular weight excluding hydrogens is 408 g/mol. The van der Waals surface area contributed by atoms with E-state index in [-0.39, 0.29) is 5.91 Å². The van der Waals surface area contributed by atoms with Crippen LogP contribution in [0.5, 0.6) is 0 Å². The molecule has 0 atom stereocenters. The second-order valence-electron chi connectivity index (χ2n) is 6.19. The van der Waals surface area contributed by atoms with Gasteiger partial charge in [-0.2, -0.15) is 0 Å². The van der Waals surface area contributed by atoms with E-state index in [4.69, 9.17) is 16.3 Å². The van der Waals surface area contributed by atoms with Gasteiger partial charge in [0.15, 0.2) is 0 Å². The monoisotopic (exact) mass is 422 g/mol. The Morgan fingerprint density at radius 2 is 1.83 bits per heavy atom. The van der Waals surface area contributed by atoms with Crippen LogP contribution < -0.4 is 5.32 Å². The van der Waals surface area contributed by atoms with Gasteiger partial charge < -0.3 is 10.1 Å². The molecule has 0 aliphatic rings. The van der Waals surface area contributed by atoms with Crippen molar-refractivity contribution >= 4 is 51.4 Å². The molecule has 29 heavy (non-hydrogen) atoms. The number of hydrogen-bond donors (Lipinski definition) is 1. The highest BCUT2D eigenvalue weighted by molar-refractivity contribution is 7.12. The second kappa shape index (κ2) is 8.03. The molecule has 4 aromatic rings. The molecular formula is C22H15ClN2O3S. The van der Waals surface area contributed by atoms with Gasteiger partial charge in [0.25, 0.3) is 5.91 Å². The van der Waals surface area contributed by atoms with E-state index >= 15 is 0 Å². The highest BCUT2D eigenvalue weighted by atomic mass is 35.5. The molecule has 0 saturated heterocycles. The first-order valence-electron chi connectivity index (χ1n) is 8.69. The van der Waals surface area contributed by atoms with Crippen molar-refractivity contribution in [1.29, 1.82) is 0 Å². The summed E-state index contributed by atoms with van der Waals surface area (Å²) < 4.78 is 4.78. The number of amides is 1. The number of benzene rings is 2. The summed E-state index contributed by atoms with van der Waals surface area (Å²) in [5.74, 6) is -0.820. The Hall–Kier alpha value is -3.22. The zero-order valence-corrected chi connectivity index (χ0v) is 16.9. The lowest BCUT2D eigenvalue weighted by Crippen LogP contribution is -2.15. The number of pyridine rings is 1. The summed E-state index contributed by atoms with van der Waals surface area (Å²) in [4.78, 5) is 30.1. The number of nitrogens with one attached hydrogen (secondary N) is 1. The number of anilines is 1. The maximum absolute atomic E-state index is 13.1. The molecule has 144 valence electrons. The van der Waals surface area contributed by atoms with Gasteiger partial charge in [0.2, 0.25) is 0 Å². The number of halogens is 1. The highest BCUT2D eigenvalue weighted by Crippen LogP contribution is 2.28. The number of aromatic nitrogens is 1. The second-order valence-corrected chi connectivity index (χ2v) is 7.54. The molecule has 1 N–H and O–H groups in total. The van der Waals surface area contributed by atoms with Crippen LogP contribution in [0.1, 0.15) is 20.0 Å². The number of carbonyl (C=O) groups is 2. The lowest BCUT2D eigenvalue weighted by Gasteiger charge is -2.11. The van der Waals surface area contributed by atoms with E-state index in [9.17, 15) is 9.59 Å². The van der Waals surface area contributed by atoms with Crippen LogP contribution in [0, 0.1) is 0 Å². The lowest BCUT2D eigenvalue weighted by atomic mass is 10.0. The molecule has 0 radical (unpaired) electrons. The molecule has 5 nitrogen and oxygen atoms in total. The number of hydrogen-bond acceptors (Lipinski definition) is 5. The van der Waals surface area contributed by atoms with Crippen LogP contribution in [0.3, 0.4) is 0 Å². The molecule has 4 rings (SSSR count). The Balaban J connectivity index is 1.78. The molecule has 0 saturated carbocycles. The van der Waals surface area contributed by atoms with Gasteiger partial charge in [-0.3, -0.25) is 4.79 Å². The van der Waals surface area contributed by atoms with Crippen LogP contribution in [0.15, 0.2) is 66.0 Å². The maximum atomic E-state index is 13.1. The van der Waals surface area contributed by atoms with E-state index in [1.807, 2.05) is 36.4 Å². The Bertz CT molecular complexity index is 1220. The number of esters is 1. The van der Waals surface area contributed by atoms with E-state index < -0.39 is 5.97 Å². The van der Waals surface area contributed by atoms with E-state index in [1.54, 1.807) is 29.6 Å². The van der Waals surface area contributed by atoms with Crippen LogP contribution in [0.25, 0.3) is 22.2 Å². The molecule has 0 aliphatic heterocycles. The topological polar surface area (TPSA) is 68.3 Å². The summed E-state index contributed by atoms with van der Waals surface area (Å²) in [5, 5.41) is 5.90. The van der Waals surface area contributed by atoms with Gasteiger partial charge in [-0.05, 0) is 35.7 Å². The number of thiophene rings is 1. The number of ether oxygens (including phenoxy) is 1. The first-order chi connectivity index (χ1) is 14.1. The number of rotatable bonds is 4. The molecule has 0 bridgehead atoms.